The molecule has 1 aliphatic carbocycles. The average molecular weight is 326 g/mol. The highest BCUT2D eigenvalue weighted by atomic mass is 35.5. The molecule has 2 N–H and O–H groups in total. The quantitative estimate of drug-likeness (QED) is 0.835. The molecule has 0 saturated heterocycles. The Kier molecular flexibility index (Phi) is 5.66. The van der Waals surface area contributed by atoms with Gasteiger partial charge in [0.1, 0.15) is 11.3 Å². The standard InChI is InChI=1S/C16H20ClNO4/c1-10-4-2-3-5-13(10)18-15(20)9-22-16(21)12-7-6-11(17)8-14(12)19/h6-8,10,13,19H,2-5,9H2,1H3,(H,18,20)/t10-,13-/m0/s1. The number of amides is 1. The molecule has 22 heavy (non-hydrogen) atoms. The lowest BCUT2D eigenvalue weighted by atomic mass is 9.86. The van der Waals surface area contributed by atoms with Gasteiger partial charge in [-0.3, -0.25) is 4.79 Å². The summed E-state index contributed by atoms with van der Waals surface area (Å²) in [4.78, 5) is 23.7. The molecule has 120 valence electrons. The molecule has 1 aliphatic rings. The van der Waals surface area contributed by atoms with Gasteiger partial charge in [0, 0.05) is 11.1 Å². The Morgan fingerprint density at radius 3 is 2.77 bits per heavy atom. The van der Waals surface area contributed by atoms with Crippen LogP contribution in [0.25, 0.3) is 0 Å². The Labute approximate surface area is 134 Å². The number of nitrogens with one attached hydrogen (secondary N) is 1. The first-order chi connectivity index (χ1) is 10.5. The molecular formula is C16H20ClNO4. The monoisotopic (exact) mass is 325 g/mol. The Balaban J connectivity index is 1.84. The predicted molar refractivity (Wildman–Crippen MR) is 83.0 cm³/mol. The first kappa shape index (κ1) is 16.6. The molecule has 2 atom stereocenters. The van der Waals surface area contributed by atoms with Gasteiger partial charge in [0.2, 0.25) is 0 Å². The first-order valence-electron chi connectivity index (χ1n) is 7.42. The van der Waals surface area contributed by atoms with Crippen LogP contribution in [0.5, 0.6) is 5.75 Å². The zero-order valence-corrected chi connectivity index (χ0v) is 13.2. The zero-order chi connectivity index (χ0) is 16.1. The van der Waals surface area contributed by atoms with E-state index in [1.807, 2.05) is 0 Å². The summed E-state index contributed by atoms with van der Waals surface area (Å²) in [5.74, 6) is -0.894. The summed E-state index contributed by atoms with van der Waals surface area (Å²) in [5.41, 5.74) is -0.0109. The third-order valence-electron chi connectivity index (χ3n) is 3.97. The van der Waals surface area contributed by atoms with Crippen LogP contribution in [0.4, 0.5) is 0 Å². The second kappa shape index (κ2) is 7.49. The van der Waals surface area contributed by atoms with Crippen LogP contribution in [0.15, 0.2) is 18.2 Å². The smallest absolute Gasteiger partial charge is 0.342 e. The molecule has 1 aromatic rings. The third-order valence-corrected chi connectivity index (χ3v) is 4.21. The SMILES string of the molecule is C[C@H]1CCCC[C@@H]1NC(=O)COC(=O)c1ccc(Cl)cc1O. The number of halogens is 1. The number of ether oxygens (including phenoxy) is 1. The molecule has 5 nitrogen and oxygen atoms in total. The fraction of sp³-hybridized carbons (Fsp3) is 0.500. The van der Waals surface area contributed by atoms with Crippen LogP contribution < -0.4 is 5.32 Å². The molecule has 2 rings (SSSR count). The molecular weight excluding hydrogens is 306 g/mol. The van der Waals surface area contributed by atoms with Gasteiger partial charge in [-0.25, -0.2) is 4.79 Å². The van der Waals surface area contributed by atoms with Gasteiger partial charge in [-0.2, -0.15) is 0 Å². The maximum atomic E-state index is 11.9. The summed E-state index contributed by atoms with van der Waals surface area (Å²) in [6, 6.07) is 4.23. The summed E-state index contributed by atoms with van der Waals surface area (Å²) >= 11 is 5.70. The number of aromatic hydroxyl groups is 1. The minimum absolute atomic E-state index is 0.0109. The largest absolute Gasteiger partial charge is 0.507 e. The summed E-state index contributed by atoms with van der Waals surface area (Å²) in [5, 5.41) is 12.9. The number of rotatable bonds is 4. The van der Waals surface area contributed by atoms with Crippen LogP contribution in [0, 0.1) is 5.92 Å². The molecule has 0 spiro atoms. The maximum Gasteiger partial charge on any atom is 0.342 e. The maximum absolute atomic E-state index is 11.9. The molecule has 0 aliphatic heterocycles. The van der Waals surface area contributed by atoms with Crippen LogP contribution in [0.3, 0.4) is 0 Å². The number of phenols is 1. The van der Waals surface area contributed by atoms with E-state index in [0.29, 0.717) is 10.9 Å². The second-order valence-corrected chi connectivity index (χ2v) is 6.11. The van der Waals surface area contributed by atoms with Crippen molar-refractivity contribution in [2.45, 2.75) is 38.6 Å². The molecule has 1 saturated carbocycles. The highest BCUT2D eigenvalue weighted by molar-refractivity contribution is 6.30. The van der Waals surface area contributed by atoms with Crippen LogP contribution in [0.2, 0.25) is 5.02 Å². The van der Waals surface area contributed by atoms with E-state index >= 15 is 0 Å². The first-order valence-corrected chi connectivity index (χ1v) is 7.80. The normalized spacial score (nSPS) is 21.2. The highest BCUT2D eigenvalue weighted by Gasteiger charge is 2.23. The summed E-state index contributed by atoms with van der Waals surface area (Å²) < 4.78 is 4.93. The Bertz CT molecular complexity index is 561. The number of esters is 1. The van der Waals surface area contributed by atoms with E-state index in [9.17, 15) is 14.7 Å². The number of carbonyl (C=O) groups is 2. The Morgan fingerprint density at radius 2 is 2.09 bits per heavy atom. The van der Waals surface area contributed by atoms with E-state index in [2.05, 4.69) is 12.2 Å². The lowest BCUT2D eigenvalue weighted by molar-refractivity contribution is -0.125. The molecule has 0 bridgehead atoms. The van der Waals surface area contributed by atoms with E-state index in [1.165, 1.54) is 24.6 Å². The van der Waals surface area contributed by atoms with Gasteiger partial charge >= 0.3 is 5.97 Å². The van der Waals surface area contributed by atoms with Crippen LogP contribution in [-0.4, -0.2) is 29.6 Å². The van der Waals surface area contributed by atoms with Gasteiger partial charge in [0.15, 0.2) is 6.61 Å². The van der Waals surface area contributed by atoms with E-state index in [4.69, 9.17) is 16.3 Å². The molecule has 0 unspecified atom stereocenters. The van der Waals surface area contributed by atoms with Crippen molar-refractivity contribution < 1.29 is 19.4 Å². The Morgan fingerprint density at radius 1 is 1.36 bits per heavy atom. The van der Waals surface area contributed by atoms with E-state index in [0.717, 1.165) is 19.3 Å². The van der Waals surface area contributed by atoms with Gasteiger partial charge in [0.25, 0.3) is 5.91 Å². The van der Waals surface area contributed by atoms with Gasteiger partial charge in [-0.1, -0.05) is 31.4 Å². The zero-order valence-electron chi connectivity index (χ0n) is 12.5. The van der Waals surface area contributed by atoms with Crippen LogP contribution in [0.1, 0.15) is 43.0 Å². The van der Waals surface area contributed by atoms with Crippen molar-refractivity contribution in [1.29, 1.82) is 0 Å². The van der Waals surface area contributed by atoms with Crippen molar-refractivity contribution in [2.24, 2.45) is 5.92 Å². The van der Waals surface area contributed by atoms with Crippen molar-refractivity contribution in [3.05, 3.63) is 28.8 Å². The number of hydrogen-bond acceptors (Lipinski definition) is 4. The highest BCUT2D eigenvalue weighted by Crippen LogP contribution is 2.24. The fourth-order valence-electron chi connectivity index (χ4n) is 2.67. The van der Waals surface area contributed by atoms with E-state index in [-0.39, 0.29) is 29.9 Å². The third kappa shape index (κ3) is 4.37. The summed E-state index contributed by atoms with van der Waals surface area (Å²) in [6.07, 6.45) is 4.36. The fourth-order valence-corrected chi connectivity index (χ4v) is 2.83. The van der Waals surface area contributed by atoms with Gasteiger partial charge in [0.05, 0.1) is 0 Å². The minimum atomic E-state index is -0.749. The minimum Gasteiger partial charge on any atom is -0.507 e. The lowest BCUT2D eigenvalue weighted by Gasteiger charge is -2.29. The number of carbonyl (C=O) groups excluding carboxylic acids is 2. The second-order valence-electron chi connectivity index (χ2n) is 5.67. The van der Waals surface area contributed by atoms with Crippen LogP contribution in [-0.2, 0) is 9.53 Å². The van der Waals surface area contributed by atoms with Crippen molar-refractivity contribution >= 4 is 23.5 Å². The lowest BCUT2D eigenvalue weighted by Crippen LogP contribution is -2.42. The van der Waals surface area contributed by atoms with Crippen LogP contribution >= 0.6 is 11.6 Å². The summed E-state index contributed by atoms with van der Waals surface area (Å²) in [7, 11) is 0. The average Bonchev–Trinajstić information content (AvgIpc) is 2.47. The van der Waals surface area contributed by atoms with Gasteiger partial charge in [-0.15, -0.1) is 0 Å². The number of phenolic OH excluding ortho intramolecular Hbond substituents is 1. The van der Waals surface area contributed by atoms with Crippen molar-refractivity contribution in [3.63, 3.8) is 0 Å². The van der Waals surface area contributed by atoms with Crippen molar-refractivity contribution in [2.75, 3.05) is 6.61 Å². The van der Waals surface area contributed by atoms with Crippen molar-refractivity contribution in [1.82, 2.24) is 5.32 Å². The molecule has 0 heterocycles. The molecule has 0 radical (unpaired) electrons. The molecule has 0 aromatic heterocycles. The summed E-state index contributed by atoms with van der Waals surface area (Å²) in [6.45, 7) is 1.76. The predicted octanol–water partition coefficient (Wildman–Crippen LogP) is 2.90. The Hall–Kier alpha value is -1.75. The van der Waals surface area contributed by atoms with Gasteiger partial charge < -0.3 is 15.2 Å². The van der Waals surface area contributed by atoms with Gasteiger partial charge in [-0.05, 0) is 37.0 Å². The number of benzene rings is 1. The topological polar surface area (TPSA) is 75.6 Å². The molecule has 6 heteroatoms. The van der Waals surface area contributed by atoms with Crippen molar-refractivity contribution in [3.8, 4) is 5.75 Å². The molecule has 1 aromatic carbocycles. The molecule has 1 amide bonds. The molecule has 1 fully saturated rings. The van der Waals surface area contributed by atoms with E-state index < -0.39 is 5.97 Å². The van der Waals surface area contributed by atoms with E-state index in [1.54, 1.807) is 0 Å². The number of hydrogen-bond donors (Lipinski definition) is 2.